The van der Waals surface area contributed by atoms with E-state index in [-0.39, 0.29) is 0 Å². The molecule has 1 aromatic heterocycles. The number of thiophene rings is 1. The van der Waals surface area contributed by atoms with Gasteiger partial charge in [-0.1, -0.05) is 61.3 Å². The summed E-state index contributed by atoms with van der Waals surface area (Å²) in [5.41, 5.74) is 2.75. The van der Waals surface area contributed by atoms with Crippen molar-refractivity contribution in [3.63, 3.8) is 0 Å². The molecule has 96 valence electrons. The van der Waals surface area contributed by atoms with Crippen LogP contribution in [0.2, 0.25) is 8.67 Å². The van der Waals surface area contributed by atoms with Gasteiger partial charge in [0.15, 0.2) is 0 Å². The van der Waals surface area contributed by atoms with Crippen LogP contribution in [0.1, 0.15) is 42.6 Å². The summed E-state index contributed by atoms with van der Waals surface area (Å²) in [5.74, 6) is 0.482. The fraction of sp³-hybridized carbons (Fsp3) is 0.286. The van der Waals surface area contributed by atoms with Crippen LogP contribution in [-0.4, -0.2) is 5.11 Å². The smallest absolute Gasteiger partial charge is 0.106 e. The first-order valence-corrected chi connectivity index (χ1v) is 7.29. The molecular formula is C14H14Cl2OS. The van der Waals surface area contributed by atoms with Crippen molar-refractivity contribution in [2.24, 2.45) is 0 Å². The van der Waals surface area contributed by atoms with Gasteiger partial charge in [-0.2, -0.15) is 0 Å². The Morgan fingerprint density at radius 1 is 1.06 bits per heavy atom. The molecule has 0 fully saturated rings. The van der Waals surface area contributed by atoms with Crippen molar-refractivity contribution in [1.29, 1.82) is 0 Å². The number of hydrogen-bond acceptors (Lipinski definition) is 2. The molecule has 1 atom stereocenters. The summed E-state index contributed by atoms with van der Waals surface area (Å²) < 4.78 is 1.13. The van der Waals surface area contributed by atoms with Crippen LogP contribution in [0, 0.1) is 0 Å². The molecule has 1 aromatic carbocycles. The first kappa shape index (κ1) is 13.9. The molecule has 1 unspecified atom stereocenters. The predicted octanol–water partition coefficient (Wildman–Crippen LogP) is 5.26. The first-order valence-electron chi connectivity index (χ1n) is 5.71. The third-order valence-corrected chi connectivity index (χ3v) is 4.41. The Hall–Kier alpha value is -0.540. The number of rotatable bonds is 3. The van der Waals surface area contributed by atoms with Gasteiger partial charge in [-0.25, -0.2) is 0 Å². The fourth-order valence-corrected chi connectivity index (χ4v) is 3.30. The minimum absolute atomic E-state index is 0.482. The van der Waals surface area contributed by atoms with E-state index >= 15 is 0 Å². The molecule has 0 bridgehead atoms. The van der Waals surface area contributed by atoms with Crippen LogP contribution in [0.5, 0.6) is 0 Å². The summed E-state index contributed by atoms with van der Waals surface area (Å²) in [6.45, 7) is 4.28. The van der Waals surface area contributed by atoms with Gasteiger partial charge in [0.2, 0.25) is 0 Å². The molecule has 0 saturated heterocycles. The normalized spacial score (nSPS) is 13.0. The molecule has 1 nitrogen and oxygen atoms in total. The highest BCUT2D eigenvalue weighted by Gasteiger charge is 2.17. The van der Waals surface area contributed by atoms with E-state index in [1.807, 2.05) is 24.3 Å². The lowest BCUT2D eigenvalue weighted by molar-refractivity contribution is 0.221. The first-order chi connectivity index (χ1) is 8.49. The molecule has 0 aliphatic heterocycles. The van der Waals surface area contributed by atoms with Crippen LogP contribution in [0.3, 0.4) is 0 Å². The zero-order valence-electron chi connectivity index (χ0n) is 10.2. The Labute approximate surface area is 121 Å². The summed E-state index contributed by atoms with van der Waals surface area (Å²) in [4.78, 5) is 0. The second kappa shape index (κ2) is 5.62. The Morgan fingerprint density at radius 3 is 2.06 bits per heavy atom. The van der Waals surface area contributed by atoms with Gasteiger partial charge < -0.3 is 5.11 Å². The molecule has 2 aromatic rings. The molecule has 2 rings (SSSR count). The van der Waals surface area contributed by atoms with Crippen LogP contribution >= 0.6 is 34.5 Å². The van der Waals surface area contributed by atoms with E-state index in [0.29, 0.717) is 20.2 Å². The second-order valence-corrected chi connectivity index (χ2v) is 6.79. The number of hydrogen-bond donors (Lipinski definition) is 1. The Kier molecular flexibility index (Phi) is 4.33. The highest BCUT2D eigenvalue weighted by molar-refractivity contribution is 7.20. The number of benzene rings is 1. The molecule has 1 N–H and O–H groups in total. The van der Waals surface area contributed by atoms with E-state index in [1.165, 1.54) is 16.9 Å². The van der Waals surface area contributed by atoms with Gasteiger partial charge in [-0.05, 0) is 23.1 Å². The van der Waals surface area contributed by atoms with Gasteiger partial charge >= 0.3 is 0 Å². The maximum atomic E-state index is 10.3. The van der Waals surface area contributed by atoms with Crippen LogP contribution < -0.4 is 0 Å². The minimum atomic E-state index is -0.720. The van der Waals surface area contributed by atoms with E-state index < -0.39 is 6.10 Å². The van der Waals surface area contributed by atoms with E-state index in [2.05, 4.69) is 13.8 Å². The zero-order chi connectivity index (χ0) is 13.3. The van der Waals surface area contributed by atoms with Crippen LogP contribution in [0.4, 0.5) is 0 Å². The van der Waals surface area contributed by atoms with Gasteiger partial charge in [0, 0.05) is 5.56 Å². The summed E-state index contributed by atoms with van der Waals surface area (Å²) in [6, 6.07) is 9.65. The molecule has 0 radical (unpaired) electrons. The van der Waals surface area contributed by atoms with Crippen molar-refractivity contribution in [3.8, 4) is 0 Å². The molecule has 0 aliphatic rings. The highest BCUT2D eigenvalue weighted by atomic mass is 35.5. The molecule has 4 heteroatoms. The summed E-state index contributed by atoms with van der Waals surface area (Å²) >= 11 is 13.2. The second-order valence-electron chi connectivity index (χ2n) is 4.50. The van der Waals surface area contributed by atoms with Crippen molar-refractivity contribution in [2.75, 3.05) is 0 Å². The van der Waals surface area contributed by atoms with Crippen LogP contribution in [-0.2, 0) is 0 Å². The Morgan fingerprint density at radius 2 is 1.61 bits per heavy atom. The Bertz CT molecular complexity index is 531. The summed E-state index contributed by atoms with van der Waals surface area (Å²) in [7, 11) is 0. The summed E-state index contributed by atoms with van der Waals surface area (Å²) in [6.07, 6.45) is -0.720. The van der Waals surface area contributed by atoms with Crippen molar-refractivity contribution >= 4 is 34.5 Å². The van der Waals surface area contributed by atoms with Crippen molar-refractivity contribution in [2.45, 2.75) is 25.9 Å². The maximum absolute atomic E-state index is 10.3. The maximum Gasteiger partial charge on any atom is 0.106 e. The van der Waals surface area contributed by atoms with Crippen molar-refractivity contribution in [1.82, 2.24) is 0 Å². The summed E-state index contributed by atoms with van der Waals surface area (Å²) in [5, 5.41) is 10.3. The molecule has 0 aliphatic carbocycles. The zero-order valence-corrected chi connectivity index (χ0v) is 12.5. The number of halogens is 2. The van der Waals surface area contributed by atoms with Gasteiger partial charge in [0.05, 0.1) is 4.34 Å². The lowest BCUT2D eigenvalue weighted by Gasteiger charge is -2.12. The fourth-order valence-electron chi connectivity index (χ4n) is 1.78. The third kappa shape index (κ3) is 2.89. The average Bonchev–Trinajstić information content (AvgIpc) is 2.67. The van der Waals surface area contributed by atoms with Gasteiger partial charge in [-0.3, -0.25) is 0 Å². The SMILES string of the molecule is CC(C)c1ccc(C(O)c2cc(Cl)sc2Cl)cc1. The van der Waals surface area contributed by atoms with Crippen LogP contribution in [0.25, 0.3) is 0 Å². The molecule has 0 saturated carbocycles. The monoisotopic (exact) mass is 300 g/mol. The molecule has 0 spiro atoms. The van der Waals surface area contributed by atoms with E-state index in [4.69, 9.17) is 23.2 Å². The number of aliphatic hydroxyl groups excluding tert-OH is 1. The van der Waals surface area contributed by atoms with E-state index in [0.717, 1.165) is 5.56 Å². The molecule has 0 amide bonds. The number of aliphatic hydroxyl groups is 1. The van der Waals surface area contributed by atoms with E-state index in [1.54, 1.807) is 6.07 Å². The van der Waals surface area contributed by atoms with Crippen molar-refractivity contribution in [3.05, 3.63) is 55.7 Å². The minimum Gasteiger partial charge on any atom is -0.384 e. The van der Waals surface area contributed by atoms with Crippen LogP contribution in [0.15, 0.2) is 30.3 Å². The van der Waals surface area contributed by atoms with E-state index in [9.17, 15) is 5.11 Å². The molecular weight excluding hydrogens is 287 g/mol. The van der Waals surface area contributed by atoms with Gasteiger partial charge in [-0.15, -0.1) is 11.3 Å². The molecule has 1 heterocycles. The topological polar surface area (TPSA) is 20.2 Å². The molecule has 18 heavy (non-hydrogen) atoms. The standard InChI is InChI=1S/C14H14Cl2OS/c1-8(2)9-3-5-10(6-4-9)13(17)11-7-12(15)18-14(11)16/h3-8,13,17H,1-2H3. The van der Waals surface area contributed by atoms with Gasteiger partial charge in [0.25, 0.3) is 0 Å². The lowest BCUT2D eigenvalue weighted by Crippen LogP contribution is -1.99. The Balaban J connectivity index is 2.28. The van der Waals surface area contributed by atoms with Gasteiger partial charge in [0.1, 0.15) is 10.4 Å². The predicted molar refractivity (Wildman–Crippen MR) is 78.9 cm³/mol. The lowest BCUT2D eigenvalue weighted by atomic mass is 9.98. The quantitative estimate of drug-likeness (QED) is 0.820. The largest absolute Gasteiger partial charge is 0.384 e. The average molecular weight is 301 g/mol. The highest BCUT2D eigenvalue weighted by Crippen LogP contribution is 2.37. The van der Waals surface area contributed by atoms with Crippen molar-refractivity contribution < 1.29 is 5.11 Å². The third-order valence-electron chi connectivity index (χ3n) is 2.90.